The summed E-state index contributed by atoms with van der Waals surface area (Å²) in [7, 11) is 2.14. The Hall–Kier alpha value is -3.26. The lowest BCUT2D eigenvalue weighted by Crippen LogP contribution is -2.47. The highest BCUT2D eigenvalue weighted by atomic mass is 15.3. The van der Waals surface area contributed by atoms with Gasteiger partial charge >= 0.3 is 0 Å². The largest absolute Gasteiger partial charge is 0.355 e. The van der Waals surface area contributed by atoms with Crippen LogP contribution in [0.1, 0.15) is 25.7 Å². The molecule has 30 heavy (non-hydrogen) atoms. The Labute approximate surface area is 174 Å². The summed E-state index contributed by atoms with van der Waals surface area (Å²) in [5, 5.41) is 19.8. The molecule has 2 fully saturated rings. The number of benzene rings is 1. The third-order valence-corrected chi connectivity index (χ3v) is 6.67. The quantitative estimate of drug-likeness (QED) is 0.487. The van der Waals surface area contributed by atoms with Gasteiger partial charge in [-0.3, -0.25) is 5.10 Å². The molecule has 2 aliphatic heterocycles. The van der Waals surface area contributed by atoms with Crippen molar-refractivity contribution in [2.45, 2.75) is 43.8 Å². The number of aromatic nitrogens is 6. The van der Waals surface area contributed by atoms with Crippen molar-refractivity contribution in [2.24, 2.45) is 0 Å². The lowest BCUT2D eigenvalue weighted by molar-refractivity contribution is 0.353. The number of nitrogens with one attached hydrogen (secondary N) is 3. The lowest BCUT2D eigenvalue weighted by atomic mass is 9.98. The molecular formula is C22H24N8. The van der Waals surface area contributed by atoms with Gasteiger partial charge in [0.2, 0.25) is 0 Å². The van der Waals surface area contributed by atoms with Crippen LogP contribution in [-0.4, -0.2) is 55.5 Å². The summed E-state index contributed by atoms with van der Waals surface area (Å²) in [5.41, 5.74) is 5.74. The van der Waals surface area contributed by atoms with E-state index < -0.39 is 0 Å². The van der Waals surface area contributed by atoms with Crippen molar-refractivity contribution in [3.8, 4) is 22.4 Å². The molecule has 1 unspecified atom stereocenters. The SMILES string of the molecule is CN(c1ccc(-c2ccc(-c3cn[nH]c3)c3nc[nH]c23)nn1)C1C[C@H]2CC[C@@H](C1)N2. The number of rotatable bonds is 4. The molecule has 4 aromatic rings. The highest BCUT2D eigenvalue weighted by molar-refractivity contribution is 5.99. The van der Waals surface area contributed by atoms with Crippen molar-refractivity contribution >= 4 is 16.9 Å². The fourth-order valence-electron chi connectivity index (χ4n) is 5.06. The summed E-state index contributed by atoms with van der Waals surface area (Å²) < 4.78 is 0. The van der Waals surface area contributed by atoms with Crippen LogP contribution in [0.2, 0.25) is 0 Å². The van der Waals surface area contributed by atoms with Crippen LogP contribution in [0.25, 0.3) is 33.4 Å². The molecule has 3 atom stereocenters. The zero-order valence-corrected chi connectivity index (χ0v) is 16.8. The van der Waals surface area contributed by atoms with E-state index in [1.165, 1.54) is 25.7 Å². The molecule has 8 heteroatoms. The summed E-state index contributed by atoms with van der Waals surface area (Å²) in [6.45, 7) is 0. The first kappa shape index (κ1) is 17.6. The van der Waals surface area contributed by atoms with E-state index in [1.807, 2.05) is 6.20 Å². The monoisotopic (exact) mass is 400 g/mol. The van der Waals surface area contributed by atoms with Crippen molar-refractivity contribution in [3.63, 3.8) is 0 Å². The Morgan fingerprint density at radius 1 is 1.00 bits per heavy atom. The number of nitrogens with zero attached hydrogens (tertiary/aromatic N) is 5. The number of aromatic amines is 2. The molecular weight excluding hydrogens is 376 g/mol. The molecule has 0 saturated carbocycles. The summed E-state index contributed by atoms with van der Waals surface area (Å²) in [6, 6.07) is 10.1. The molecule has 3 N–H and O–H groups in total. The molecule has 0 aliphatic carbocycles. The molecule has 8 nitrogen and oxygen atoms in total. The van der Waals surface area contributed by atoms with Gasteiger partial charge in [-0.15, -0.1) is 10.2 Å². The summed E-state index contributed by atoms with van der Waals surface area (Å²) >= 11 is 0. The van der Waals surface area contributed by atoms with Gasteiger partial charge in [0.25, 0.3) is 0 Å². The van der Waals surface area contributed by atoms with Crippen molar-refractivity contribution in [2.75, 3.05) is 11.9 Å². The van der Waals surface area contributed by atoms with Crippen LogP contribution in [0.15, 0.2) is 43.0 Å². The van der Waals surface area contributed by atoms with Gasteiger partial charge in [0.15, 0.2) is 5.82 Å². The van der Waals surface area contributed by atoms with Gasteiger partial charge in [-0.25, -0.2) is 4.98 Å². The highest BCUT2D eigenvalue weighted by Gasteiger charge is 2.35. The molecule has 0 spiro atoms. The smallest absolute Gasteiger partial charge is 0.151 e. The maximum absolute atomic E-state index is 4.57. The van der Waals surface area contributed by atoms with Gasteiger partial charge in [0.1, 0.15) is 0 Å². The van der Waals surface area contributed by atoms with E-state index in [2.05, 4.69) is 71.9 Å². The Morgan fingerprint density at radius 2 is 1.83 bits per heavy atom. The maximum Gasteiger partial charge on any atom is 0.151 e. The van der Waals surface area contributed by atoms with Crippen molar-refractivity contribution < 1.29 is 0 Å². The molecule has 5 heterocycles. The number of piperidine rings is 1. The third kappa shape index (κ3) is 2.87. The van der Waals surface area contributed by atoms with Crippen molar-refractivity contribution in [1.82, 2.24) is 35.7 Å². The fourth-order valence-corrected chi connectivity index (χ4v) is 5.06. The van der Waals surface area contributed by atoms with Gasteiger partial charge in [-0.2, -0.15) is 5.10 Å². The van der Waals surface area contributed by atoms with Crippen LogP contribution in [0.3, 0.4) is 0 Å². The first-order chi connectivity index (χ1) is 14.8. The van der Waals surface area contributed by atoms with Crippen LogP contribution in [0.4, 0.5) is 5.82 Å². The number of H-pyrrole nitrogens is 2. The topological polar surface area (TPSA) is 98.4 Å². The zero-order valence-electron chi connectivity index (χ0n) is 16.8. The number of hydrogen-bond donors (Lipinski definition) is 3. The average Bonchev–Trinajstić information content (AvgIpc) is 3.54. The van der Waals surface area contributed by atoms with Gasteiger partial charge in [-0.05, 0) is 43.9 Å². The molecule has 2 bridgehead atoms. The standard InChI is InChI=1S/C22H24N8/c1-30(16-8-14-2-3-15(9-16)27-14)20-7-6-19(28-29-20)18-5-4-17(13-10-25-26-11-13)21-22(18)24-12-23-21/h4-7,10-12,14-16,27H,2-3,8-9H2,1H3,(H,23,24)(H,25,26)/t14-,15+,16?. The van der Waals surface area contributed by atoms with E-state index in [0.29, 0.717) is 18.1 Å². The first-order valence-electron chi connectivity index (χ1n) is 10.5. The number of hydrogen-bond acceptors (Lipinski definition) is 6. The zero-order chi connectivity index (χ0) is 20.1. The van der Waals surface area contributed by atoms with Crippen molar-refractivity contribution in [3.05, 3.63) is 43.0 Å². The fraction of sp³-hybridized carbons (Fsp3) is 0.364. The molecule has 1 aromatic carbocycles. The predicted octanol–water partition coefficient (Wildman–Crippen LogP) is 3.13. The molecule has 2 aliphatic rings. The lowest BCUT2D eigenvalue weighted by Gasteiger charge is -2.36. The Kier molecular flexibility index (Phi) is 4.05. The second-order valence-corrected chi connectivity index (χ2v) is 8.42. The van der Waals surface area contributed by atoms with E-state index in [9.17, 15) is 0 Å². The molecule has 0 radical (unpaired) electrons. The Bertz CT molecular complexity index is 1150. The van der Waals surface area contributed by atoms with E-state index >= 15 is 0 Å². The normalized spacial score (nSPS) is 23.2. The minimum atomic E-state index is 0.525. The predicted molar refractivity (Wildman–Crippen MR) is 116 cm³/mol. The van der Waals surface area contributed by atoms with Crippen LogP contribution in [0, 0.1) is 0 Å². The Morgan fingerprint density at radius 3 is 2.57 bits per heavy atom. The van der Waals surface area contributed by atoms with Crippen LogP contribution in [-0.2, 0) is 0 Å². The van der Waals surface area contributed by atoms with Crippen molar-refractivity contribution in [1.29, 1.82) is 0 Å². The first-order valence-corrected chi connectivity index (χ1v) is 10.5. The van der Waals surface area contributed by atoms with Crippen LogP contribution in [0.5, 0.6) is 0 Å². The van der Waals surface area contributed by atoms with Crippen LogP contribution >= 0.6 is 0 Å². The van der Waals surface area contributed by atoms with Gasteiger partial charge < -0.3 is 15.2 Å². The summed E-state index contributed by atoms with van der Waals surface area (Å²) in [5.74, 6) is 0.931. The number of imidazole rings is 1. The van der Waals surface area contributed by atoms with E-state index in [0.717, 1.165) is 39.2 Å². The molecule has 2 saturated heterocycles. The Balaban J connectivity index is 1.30. The highest BCUT2D eigenvalue weighted by Crippen LogP contribution is 2.34. The maximum atomic E-state index is 4.57. The van der Waals surface area contributed by atoms with E-state index in [1.54, 1.807) is 12.5 Å². The average molecular weight is 400 g/mol. The van der Waals surface area contributed by atoms with E-state index in [-0.39, 0.29) is 0 Å². The second kappa shape index (κ2) is 6.91. The van der Waals surface area contributed by atoms with Gasteiger partial charge in [0, 0.05) is 48.1 Å². The molecule has 6 rings (SSSR count). The number of anilines is 1. The summed E-state index contributed by atoms with van der Waals surface area (Å²) in [4.78, 5) is 10.1. The minimum absolute atomic E-state index is 0.525. The third-order valence-electron chi connectivity index (χ3n) is 6.67. The van der Waals surface area contributed by atoms with E-state index in [4.69, 9.17) is 0 Å². The molecule has 3 aromatic heterocycles. The molecule has 0 amide bonds. The minimum Gasteiger partial charge on any atom is -0.355 e. The second-order valence-electron chi connectivity index (χ2n) is 8.42. The number of fused-ring (bicyclic) bond motifs is 3. The van der Waals surface area contributed by atoms with Crippen LogP contribution < -0.4 is 10.2 Å². The summed E-state index contributed by atoms with van der Waals surface area (Å²) in [6.07, 6.45) is 10.4. The van der Waals surface area contributed by atoms with Gasteiger partial charge in [0.05, 0.1) is 29.3 Å². The molecule has 152 valence electrons. The van der Waals surface area contributed by atoms with Gasteiger partial charge in [-0.1, -0.05) is 6.07 Å².